The van der Waals surface area contributed by atoms with Crippen LogP contribution in [0.25, 0.3) is 0 Å². The normalized spacial score (nSPS) is 18.4. The van der Waals surface area contributed by atoms with Gasteiger partial charge in [0.15, 0.2) is 0 Å². The number of amides is 1. The molecule has 1 aromatic carbocycles. The molecule has 1 aliphatic rings. The Morgan fingerprint density at radius 2 is 2.26 bits per heavy atom. The van der Waals surface area contributed by atoms with E-state index in [4.69, 9.17) is 0 Å². The Morgan fingerprint density at radius 3 is 2.89 bits per heavy atom. The Bertz CT molecular complexity index is 451. The van der Waals surface area contributed by atoms with Gasteiger partial charge in [-0.2, -0.15) is 0 Å². The number of rotatable bonds is 4. The number of carbonyl (C=O) groups excluding carboxylic acids is 1. The van der Waals surface area contributed by atoms with Gasteiger partial charge in [0, 0.05) is 37.9 Å². The van der Waals surface area contributed by atoms with Crippen molar-refractivity contribution < 1.29 is 4.79 Å². The first-order chi connectivity index (χ1) is 9.06. The number of hydrogen-bond acceptors (Lipinski definition) is 3. The van der Waals surface area contributed by atoms with Crippen molar-refractivity contribution >= 4 is 17.3 Å². The minimum Gasteiger partial charge on any atom is -0.377 e. The summed E-state index contributed by atoms with van der Waals surface area (Å²) in [5, 5.41) is 6.33. The number of anilines is 2. The van der Waals surface area contributed by atoms with Crippen LogP contribution in [0.3, 0.4) is 0 Å². The number of nitrogens with zero attached hydrogens (tertiary/aromatic N) is 1. The van der Waals surface area contributed by atoms with E-state index in [1.165, 1.54) is 12.0 Å². The molecule has 1 aliphatic heterocycles. The van der Waals surface area contributed by atoms with E-state index >= 15 is 0 Å². The van der Waals surface area contributed by atoms with E-state index in [1.54, 1.807) is 0 Å². The first kappa shape index (κ1) is 13.9. The maximum absolute atomic E-state index is 12.0. The Morgan fingerprint density at radius 1 is 1.47 bits per heavy atom. The summed E-state index contributed by atoms with van der Waals surface area (Å²) in [5.74, 6) is 0.0907. The molecule has 1 saturated heterocycles. The molecule has 0 aromatic heterocycles. The van der Waals surface area contributed by atoms with Crippen LogP contribution >= 0.6 is 0 Å². The molecule has 1 aromatic rings. The van der Waals surface area contributed by atoms with Crippen LogP contribution in [-0.4, -0.2) is 32.6 Å². The van der Waals surface area contributed by atoms with Crippen LogP contribution in [-0.2, 0) is 4.79 Å². The second-order valence-electron chi connectivity index (χ2n) is 5.44. The van der Waals surface area contributed by atoms with Crippen LogP contribution in [0.15, 0.2) is 18.2 Å². The largest absolute Gasteiger partial charge is 0.377 e. The summed E-state index contributed by atoms with van der Waals surface area (Å²) >= 11 is 0. The smallest absolute Gasteiger partial charge is 0.225 e. The van der Waals surface area contributed by atoms with E-state index in [2.05, 4.69) is 22.5 Å². The molecule has 0 saturated carbocycles. The minimum atomic E-state index is 0.0907. The van der Waals surface area contributed by atoms with Gasteiger partial charge in [-0.15, -0.1) is 0 Å². The molecule has 0 radical (unpaired) electrons. The van der Waals surface area contributed by atoms with Crippen molar-refractivity contribution in [1.82, 2.24) is 5.32 Å². The van der Waals surface area contributed by atoms with E-state index < -0.39 is 0 Å². The van der Waals surface area contributed by atoms with Gasteiger partial charge in [0.1, 0.15) is 0 Å². The van der Waals surface area contributed by atoms with E-state index in [-0.39, 0.29) is 5.91 Å². The van der Waals surface area contributed by atoms with Gasteiger partial charge < -0.3 is 15.5 Å². The second-order valence-corrected chi connectivity index (χ2v) is 5.44. The maximum atomic E-state index is 12.0. The number of nitrogens with one attached hydrogen (secondary N) is 2. The fraction of sp³-hybridized carbons (Fsp3) is 0.533. The minimum absolute atomic E-state index is 0.0907. The molecule has 1 fully saturated rings. The highest BCUT2D eigenvalue weighted by molar-refractivity contribution is 5.91. The van der Waals surface area contributed by atoms with Crippen molar-refractivity contribution in [2.45, 2.75) is 32.2 Å². The molecule has 0 spiro atoms. The van der Waals surface area contributed by atoms with Crippen LogP contribution < -0.4 is 15.5 Å². The number of aryl methyl sites for hydroxylation is 1. The van der Waals surface area contributed by atoms with Crippen molar-refractivity contribution in [3.63, 3.8) is 0 Å². The first-order valence-corrected chi connectivity index (χ1v) is 6.87. The summed E-state index contributed by atoms with van der Waals surface area (Å²) in [6.45, 7) is 3.11. The number of hydrogen-bond donors (Lipinski definition) is 2. The second kappa shape index (κ2) is 6.06. The summed E-state index contributed by atoms with van der Waals surface area (Å²) in [4.78, 5) is 14.0. The molecule has 1 atom stereocenters. The van der Waals surface area contributed by atoms with E-state index in [0.29, 0.717) is 12.5 Å². The summed E-state index contributed by atoms with van der Waals surface area (Å²) < 4.78 is 0. The molecule has 4 nitrogen and oxygen atoms in total. The summed E-state index contributed by atoms with van der Waals surface area (Å²) in [6.07, 6.45) is 2.84. The van der Waals surface area contributed by atoms with Crippen LogP contribution in [0.2, 0.25) is 0 Å². The SMILES string of the molecule is Cc1ccc(NC(=O)CC2CCCN2)cc1N(C)C. The Hall–Kier alpha value is -1.55. The Balaban J connectivity index is 1.98. The maximum Gasteiger partial charge on any atom is 0.225 e. The highest BCUT2D eigenvalue weighted by Gasteiger charge is 2.17. The summed E-state index contributed by atoms with van der Waals surface area (Å²) in [6, 6.07) is 6.37. The third-order valence-electron chi connectivity index (χ3n) is 3.57. The third-order valence-corrected chi connectivity index (χ3v) is 3.57. The standard InChI is InChI=1S/C15H23N3O/c1-11-6-7-13(9-14(11)18(2)3)17-15(19)10-12-5-4-8-16-12/h6-7,9,12,16H,4-5,8,10H2,1-3H3,(H,17,19). The topological polar surface area (TPSA) is 44.4 Å². The molecule has 1 amide bonds. The average Bonchev–Trinajstić information content (AvgIpc) is 2.84. The lowest BCUT2D eigenvalue weighted by Crippen LogP contribution is -2.27. The van der Waals surface area contributed by atoms with Crippen molar-refractivity contribution in [3.05, 3.63) is 23.8 Å². The molecule has 19 heavy (non-hydrogen) atoms. The summed E-state index contributed by atoms with van der Waals surface area (Å²) in [7, 11) is 4.02. The monoisotopic (exact) mass is 261 g/mol. The molecule has 2 rings (SSSR count). The molecular weight excluding hydrogens is 238 g/mol. The molecule has 104 valence electrons. The van der Waals surface area contributed by atoms with Crippen LogP contribution in [0.1, 0.15) is 24.8 Å². The van der Waals surface area contributed by atoms with E-state index in [1.807, 2.05) is 32.3 Å². The van der Waals surface area contributed by atoms with Crippen molar-refractivity contribution in [2.75, 3.05) is 30.9 Å². The lowest BCUT2D eigenvalue weighted by molar-refractivity contribution is -0.116. The van der Waals surface area contributed by atoms with Crippen molar-refractivity contribution in [1.29, 1.82) is 0 Å². The average molecular weight is 261 g/mol. The van der Waals surface area contributed by atoms with E-state index in [0.717, 1.165) is 24.3 Å². The van der Waals surface area contributed by atoms with Crippen LogP contribution in [0.5, 0.6) is 0 Å². The Labute approximate surface area is 115 Å². The third kappa shape index (κ3) is 3.70. The van der Waals surface area contributed by atoms with Crippen LogP contribution in [0, 0.1) is 6.92 Å². The van der Waals surface area contributed by atoms with Crippen molar-refractivity contribution in [3.8, 4) is 0 Å². The van der Waals surface area contributed by atoms with Gasteiger partial charge >= 0.3 is 0 Å². The van der Waals surface area contributed by atoms with Gasteiger partial charge in [0.2, 0.25) is 5.91 Å². The number of carbonyl (C=O) groups is 1. The zero-order valence-corrected chi connectivity index (χ0v) is 12.0. The van der Waals surface area contributed by atoms with Crippen LogP contribution in [0.4, 0.5) is 11.4 Å². The molecular formula is C15H23N3O. The zero-order valence-electron chi connectivity index (χ0n) is 12.0. The molecule has 0 bridgehead atoms. The predicted octanol–water partition coefficient (Wildman–Crippen LogP) is 2.14. The zero-order chi connectivity index (χ0) is 13.8. The highest BCUT2D eigenvalue weighted by Crippen LogP contribution is 2.22. The van der Waals surface area contributed by atoms with Gasteiger partial charge in [-0.1, -0.05) is 6.07 Å². The highest BCUT2D eigenvalue weighted by atomic mass is 16.1. The number of benzene rings is 1. The fourth-order valence-corrected chi connectivity index (χ4v) is 2.54. The molecule has 1 unspecified atom stereocenters. The van der Waals surface area contributed by atoms with Gasteiger partial charge in [-0.05, 0) is 44.0 Å². The molecule has 4 heteroatoms. The summed E-state index contributed by atoms with van der Waals surface area (Å²) in [5.41, 5.74) is 3.22. The quantitative estimate of drug-likeness (QED) is 0.873. The molecule has 2 N–H and O–H groups in total. The lowest BCUT2D eigenvalue weighted by atomic mass is 10.1. The van der Waals surface area contributed by atoms with Gasteiger partial charge in [-0.25, -0.2) is 0 Å². The Kier molecular flexibility index (Phi) is 4.43. The van der Waals surface area contributed by atoms with E-state index in [9.17, 15) is 4.79 Å². The van der Waals surface area contributed by atoms with Gasteiger partial charge in [-0.3, -0.25) is 4.79 Å². The first-order valence-electron chi connectivity index (χ1n) is 6.87. The molecule has 0 aliphatic carbocycles. The van der Waals surface area contributed by atoms with Gasteiger partial charge in [0.25, 0.3) is 0 Å². The van der Waals surface area contributed by atoms with Crippen molar-refractivity contribution in [2.24, 2.45) is 0 Å². The fourth-order valence-electron chi connectivity index (χ4n) is 2.54. The lowest BCUT2D eigenvalue weighted by Gasteiger charge is -2.17. The molecule has 1 heterocycles. The predicted molar refractivity (Wildman–Crippen MR) is 79.8 cm³/mol. The van der Waals surface area contributed by atoms with Gasteiger partial charge in [0.05, 0.1) is 0 Å².